The smallest absolute Gasteiger partial charge is 0.160 e. The highest BCUT2D eigenvalue weighted by molar-refractivity contribution is 5.49. The van der Waals surface area contributed by atoms with E-state index in [0.29, 0.717) is 23.0 Å². The third-order valence-corrected chi connectivity index (χ3v) is 8.16. The second-order valence-corrected chi connectivity index (χ2v) is 9.08. The summed E-state index contributed by atoms with van der Waals surface area (Å²) < 4.78 is 5.40. The van der Waals surface area contributed by atoms with Crippen LogP contribution in [-0.2, 0) is 6.42 Å². The molecular weight excluding hydrogens is 310 g/mol. The zero-order valence-electron chi connectivity index (χ0n) is 15.9. The van der Waals surface area contributed by atoms with Crippen LogP contribution in [0.25, 0.3) is 0 Å². The molecule has 6 atom stereocenters. The van der Waals surface area contributed by atoms with Crippen molar-refractivity contribution in [3.8, 4) is 11.5 Å². The molecule has 4 rings (SSSR count). The number of benzene rings is 1. The number of fused-ring (bicyclic) bond motifs is 5. The molecule has 25 heavy (non-hydrogen) atoms. The van der Waals surface area contributed by atoms with Crippen molar-refractivity contribution in [2.45, 2.75) is 58.3 Å². The highest BCUT2D eigenvalue weighted by Gasteiger charge is 2.55. The first-order valence-electron chi connectivity index (χ1n) is 10.1. The van der Waals surface area contributed by atoms with Gasteiger partial charge in [-0.3, -0.25) is 0 Å². The molecule has 0 amide bonds. The van der Waals surface area contributed by atoms with Gasteiger partial charge in [0.1, 0.15) is 0 Å². The highest BCUT2D eigenvalue weighted by atomic mass is 16.5. The zero-order chi connectivity index (χ0) is 17.8. The Kier molecular flexibility index (Phi) is 4.26. The fourth-order valence-corrected chi connectivity index (χ4v) is 6.89. The van der Waals surface area contributed by atoms with Gasteiger partial charge in [0.2, 0.25) is 0 Å². The summed E-state index contributed by atoms with van der Waals surface area (Å²) in [5.41, 5.74) is 9.30. The number of ether oxygens (including phenoxy) is 1. The predicted molar refractivity (Wildman–Crippen MR) is 101 cm³/mol. The second-order valence-electron chi connectivity index (χ2n) is 9.08. The van der Waals surface area contributed by atoms with E-state index in [9.17, 15) is 5.11 Å². The quantitative estimate of drug-likeness (QED) is 0.851. The van der Waals surface area contributed by atoms with E-state index in [-0.39, 0.29) is 5.75 Å². The lowest BCUT2D eigenvalue weighted by atomic mass is 9.53. The molecule has 3 N–H and O–H groups in total. The summed E-state index contributed by atoms with van der Waals surface area (Å²) in [5.74, 6) is 4.61. The van der Waals surface area contributed by atoms with Crippen molar-refractivity contribution in [1.82, 2.24) is 0 Å². The van der Waals surface area contributed by atoms with Gasteiger partial charge < -0.3 is 15.6 Å². The van der Waals surface area contributed by atoms with Crippen LogP contribution < -0.4 is 10.5 Å². The van der Waals surface area contributed by atoms with E-state index in [1.807, 2.05) is 6.07 Å². The Morgan fingerprint density at radius 2 is 2.08 bits per heavy atom. The van der Waals surface area contributed by atoms with Gasteiger partial charge in [-0.1, -0.05) is 13.8 Å². The van der Waals surface area contributed by atoms with Gasteiger partial charge in [0.05, 0.1) is 7.11 Å². The lowest BCUT2D eigenvalue weighted by molar-refractivity contribution is 0.0127. The number of phenolic OH excluding ortho intramolecular Hbond substituents is 1. The van der Waals surface area contributed by atoms with Gasteiger partial charge in [0.25, 0.3) is 0 Å². The lowest BCUT2D eigenvalue weighted by Gasteiger charge is -2.52. The monoisotopic (exact) mass is 343 g/mol. The summed E-state index contributed by atoms with van der Waals surface area (Å²) in [6, 6.07) is 4.07. The second kappa shape index (κ2) is 6.19. The van der Waals surface area contributed by atoms with Crippen LogP contribution in [0.15, 0.2) is 12.1 Å². The molecule has 1 aromatic rings. The Balaban J connectivity index is 1.66. The molecule has 0 saturated heterocycles. The summed E-state index contributed by atoms with van der Waals surface area (Å²) in [6.07, 6.45) is 7.68. The third kappa shape index (κ3) is 2.50. The van der Waals surface area contributed by atoms with Gasteiger partial charge in [-0.2, -0.15) is 0 Å². The molecule has 3 aliphatic rings. The summed E-state index contributed by atoms with van der Waals surface area (Å²) in [6.45, 7) is 5.74. The highest BCUT2D eigenvalue weighted by Crippen LogP contribution is 2.64. The molecule has 0 heterocycles. The fraction of sp³-hybridized carbons (Fsp3) is 0.727. The van der Waals surface area contributed by atoms with Crippen LogP contribution >= 0.6 is 0 Å². The van der Waals surface area contributed by atoms with Gasteiger partial charge in [-0.05, 0) is 103 Å². The van der Waals surface area contributed by atoms with E-state index < -0.39 is 0 Å². The minimum absolute atomic E-state index is 0.290. The molecule has 0 aromatic heterocycles. The average molecular weight is 344 g/mol. The molecule has 2 fully saturated rings. The van der Waals surface area contributed by atoms with Crippen LogP contribution in [0.1, 0.15) is 63.0 Å². The maximum atomic E-state index is 10.1. The van der Waals surface area contributed by atoms with Crippen LogP contribution in [-0.4, -0.2) is 18.8 Å². The van der Waals surface area contributed by atoms with Crippen LogP contribution in [0.5, 0.6) is 11.5 Å². The molecule has 1 aromatic carbocycles. The van der Waals surface area contributed by atoms with Crippen LogP contribution in [0.2, 0.25) is 0 Å². The van der Waals surface area contributed by atoms with E-state index in [1.54, 1.807) is 7.11 Å². The van der Waals surface area contributed by atoms with Crippen molar-refractivity contribution >= 4 is 0 Å². The van der Waals surface area contributed by atoms with E-state index in [2.05, 4.69) is 19.9 Å². The van der Waals surface area contributed by atoms with Crippen LogP contribution in [0, 0.1) is 29.1 Å². The number of hydrogen-bond donors (Lipinski definition) is 2. The van der Waals surface area contributed by atoms with E-state index in [4.69, 9.17) is 10.5 Å². The number of rotatable bonds is 3. The average Bonchev–Trinajstić information content (AvgIpc) is 2.97. The normalized spacial score (nSPS) is 37.8. The maximum absolute atomic E-state index is 10.1. The summed E-state index contributed by atoms with van der Waals surface area (Å²) in [4.78, 5) is 0. The molecule has 0 radical (unpaired) electrons. The zero-order valence-corrected chi connectivity index (χ0v) is 15.9. The van der Waals surface area contributed by atoms with Gasteiger partial charge in [0, 0.05) is 0 Å². The van der Waals surface area contributed by atoms with Crippen molar-refractivity contribution in [3.63, 3.8) is 0 Å². The van der Waals surface area contributed by atoms with Crippen molar-refractivity contribution in [1.29, 1.82) is 0 Å². The van der Waals surface area contributed by atoms with Crippen molar-refractivity contribution in [3.05, 3.63) is 23.3 Å². The largest absolute Gasteiger partial charge is 0.504 e. The van der Waals surface area contributed by atoms with Gasteiger partial charge in [-0.25, -0.2) is 0 Å². The molecule has 2 saturated carbocycles. The van der Waals surface area contributed by atoms with Crippen molar-refractivity contribution in [2.75, 3.05) is 13.7 Å². The standard InChI is InChI=1S/C22H33NO2/c1-13(12-23)18-6-7-19-16-5-4-14-10-20(24)21(25-3)11-17(14)15(16)8-9-22(18,19)2/h10-11,13,15-16,18-19,24H,4-9,12,23H2,1-3H3/t13-,15+,16-,18+,19+,22-/m1/s1. The SMILES string of the molecule is COc1cc2c(cc1O)CC[C@@H]1[C@@H]2CC[C@@]2(C)[C@H]1CC[C@H]2[C@H](C)CN. The summed E-state index contributed by atoms with van der Waals surface area (Å²) in [7, 11) is 1.65. The molecule has 0 bridgehead atoms. The van der Waals surface area contributed by atoms with E-state index in [0.717, 1.165) is 30.7 Å². The maximum Gasteiger partial charge on any atom is 0.160 e. The molecule has 0 spiro atoms. The predicted octanol–water partition coefficient (Wildman–Crippen LogP) is 4.47. The molecule has 0 aliphatic heterocycles. The van der Waals surface area contributed by atoms with Gasteiger partial charge in [-0.15, -0.1) is 0 Å². The Bertz CT molecular complexity index is 658. The third-order valence-electron chi connectivity index (χ3n) is 8.16. The molecule has 3 heteroatoms. The molecule has 3 nitrogen and oxygen atoms in total. The number of hydrogen-bond acceptors (Lipinski definition) is 3. The Morgan fingerprint density at radius 3 is 2.80 bits per heavy atom. The Hall–Kier alpha value is -1.22. The number of aromatic hydroxyl groups is 1. The fourth-order valence-electron chi connectivity index (χ4n) is 6.89. The van der Waals surface area contributed by atoms with Gasteiger partial charge in [0.15, 0.2) is 11.5 Å². The number of aryl methyl sites for hydroxylation is 1. The number of nitrogens with two attached hydrogens (primary N) is 1. The first kappa shape index (κ1) is 17.2. The van der Waals surface area contributed by atoms with E-state index >= 15 is 0 Å². The molecular formula is C22H33NO2. The topological polar surface area (TPSA) is 55.5 Å². The first-order valence-corrected chi connectivity index (χ1v) is 10.1. The van der Waals surface area contributed by atoms with Crippen molar-refractivity contribution in [2.24, 2.45) is 34.8 Å². The lowest BCUT2D eigenvalue weighted by Crippen LogP contribution is -2.44. The minimum Gasteiger partial charge on any atom is -0.504 e. The Morgan fingerprint density at radius 1 is 1.28 bits per heavy atom. The molecule has 0 unspecified atom stereocenters. The number of methoxy groups -OCH3 is 1. The molecule has 3 aliphatic carbocycles. The van der Waals surface area contributed by atoms with Crippen LogP contribution in [0.3, 0.4) is 0 Å². The number of phenols is 1. The van der Waals surface area contributed by atoms with Crippen molar-refractivity contribution < 1.29 is 9.84 Å². The van der Waals surface area contributed by atoms with Gasteiger partial charge >= 0.3 is 0 Å². The molecule has 138 valence electrons. The Labute approximate surface area is 152 Å². The first-order chi connectivity index (χ1) is 12.0. The summed E-state index contributed by atoms with van der Waals surface area (Å²) >= 11 is 0. The minimum atomic E-state index is 0.290. The van der Waals surface area contributed by atoms with E-state index in [1.165, 1.54) is 43.2 Å². The summed E-state index contributed by atoms with van der Waals surface area (Å²) in [5, 5.41) is 10.1. The van der Waals surface area contributed by atoms with Crippen LogP contribution in [0.4, 0.5) is 0 Å².